The fourth-order valence-electron chi connectivity index (χ4n) is 1.45. The number of nitrogens with one attached hydrogen (secondary N) is 1. The summed E-state index contributed by atoms with van der Waals surface area (Å²) in [6, 6.07) is 2.60. The van der Waals surface area contributed by atoms with Gasteiger partial charge in [-0.05, 0) is 24.6 Å². The lowest BCUT2D eigenvalue weighted by atomic mass is 10.1. The van der Waals surface area contributed by atoms with Gasteiger partial charge >= 0.3 is 0 Å². The summed E-state index contributed by atoms with van der Waals surface area (Å²) in [4.78, 5) is 11.6. The largest absolute Gasteiger partial charge is 0.383 e. The van der Waals surface area contributed by atoms with Crippen molar-refractivity contribution in [2.24, 2.45) is 5.14 Å². The number of sulfonamides is 1. The molecule has 1 amide bonds. The highest BCUT2D eigenvalue weighted by atomic mass is 35.5. The second kappa shape index (κ2) is 6.33. The molecule has 0 saturated carbocycles. The Bertz CT molecular complexity index is 587. The highest BCUT2D eigenvalue weighted by molar-refractivity contribution is 7.89. The van der Waals surface area contributed by atoms with Crippen molar-refractivity contribution in [1.29, 1.82) is 0 Å². The van der Waals surface area contributed by atoms with E-state index >= 15 is 0 Å². The SMILES string of the molecule is COCCNC(=O)c1cc(Cl)c(C)c(S(N)(=O)=O)c1. The number of benzene rings is 1. The Morgan fingerprint density at radius 1 is 1.47 bits per heavy atom. The number of ether oxygens (including phenoxy) is 1. The quantitative estimate of drug-likeness (QED) is 0.781. The lowest BCUT2D eigenvalue weighted by Crippen LogP contribution is -2.27. The Labute approximate surface area is 116 Å². The van der Waals surface area contributed by atoms with E-state index in [9.17, 15) is 13.2 Å². The van der Waals surface area contributed by atoms with Crippen LogP contribution < -0.4 is 10.5 Å². The van der Waals surface area contributed by atoms with Gasteiger partial charge in [-0.15, -0.1) is 0 Å². The van der Waals surface area contributed by atoms with Crippen LogP contribution in [0, 0.1) is 6.92 Å². The van der Waals surface area contributed by atoms with Crippen LogP contribution in [-0.4, -0.2) is 34.6 Å². The van der Waals surface area contributed by atoms with Gasteiger partial charge in [0.15, 0.2) is 0 Å². The number of primary sulfonamides is 1. The highest BCUT2D eigenvalue weighted by Crippen LogP contribution is 2.24. The third kappa shape index (κ3) is 4.17. The summed E-state index contributed by atoms with van der Waals surface area (Å²) in [5.41, 5.74) is 0.452. The molecule has 0 heterocycles. The van der Waals surface area contributed by atoms with Crippen molar-refractivity contribution < 1.29 is 17.9 Å². The summed E-state index contributed by atoms with van der Waals surface area (Å²) >= 11 is 5.91. The van der Waals surface area contributed by atoms with Crippen LogP contribution in [0.5, 0.6) is 0 Å². The maximum absolute atomic E-state index is 11.8. The van der Waals surface area contributed by atoms with E-state index in [-0.39, 0.29) is 15.5 Å². The number of carbonyl (C=O) groups is 1. The van der Waals surface area contributed by atoms with Crippen molar-refractivity contribution in [2.45, 2.75) is 11.8 Å². The number of carbonyl (C=O) groups excluding carboxylic acids is 1. The summed E-state index contributed by atoms with van der Waals surface area (Å²) in [5.74, 6) is -0.441. The van der Waals surface area contributed by atoms with Crippen LogP contribution in [0.3, 0.4) is 0 Å². The molecule has 0 saturated heterocycles. The summed E-state index contributed by atoms with van der Waals surface area (Å²) in [6.07, 6.45) is 0. The van der Waals surface area contributed by atoms with Crippen LogP contribution in [0.15, 0.2) is 17.0 Å². The van der Waals surface area contributed by atoms with Crippen LogP contribution in [0.2, 0.25) is 5.02 Å². The molecule has 0 spiro atoms. The minimum absolute atomic E-state index is 0.135. The van der Waals surface area contributed by atoms with E-state index < -0.39 is 15.9 Å². The van der Waals surface area contributed by atoms with Gasteiger partial charge < -0.3 is 10.1 Å². The molecule has 0 aliphatic heterocycles. The third-order valence-corrected chi connectivity index (χ3v) is 3.89. The Morgan fingerprint density at radius 2 is 2.11 bits per heavy atom. The molecule has 0 radical (unpaired) electrons. The molecule has 8 heteroatoms. The molecule has 0 aromatic heterocycles. The van der Waals surface area contributed by atoms with Crippen LogP contribution >= 0.6 is 11.6 Å². The van der Waals surface area contributed by atoms with Crippen LogP contribution in [0.25, 0.3) is 0 Å². The first kappa shape index (κ1) is 15.9. The molecule has 0 bridgehead atoms. The lowest BCUT2D eigenvalue weighted by molar-refractivity contribution is 0.0937. The van der Waals surface area contributed by atoms with E-state index in [1.165, 1.54) is 26.2 Å². The molecule has 0 atom stereocenters. The molecule has 1 rings (SSSR count). The monoisotopic (exact) mass is 306 g/mol. The summed E-state index contributed by atoms with van der Waals surface area (Å²) < 4.78 is 27.6. The van der Waals surface area contributed by atoms with Gasteiger partial charge in [0.2, 0.25) is 10.0 Å². The van der Waals surface area contributed by atoms with Crippen LogP contribution in [0.1, 0.15) is 15.9 Å². The molecule has 3 N–H and O–H groups in total. The van der Waals surface area contributed by atoms with E-state index in [1.807, 2.05) is 0 Å². The van der Waals surface area contributed by atoms with Gasteiger partial charge in [-0.25, -0.2) is 13.6 Å². The van der Waals surface area contributed by atoms with Crippen molar-refractivity contribution in [1.82, 2.24) is 5.32 Å². The molecule has 0 aliphatic carbocycles. The van der Waals surface area contributed by atoms with E-state index in [0.717, 1.165) is 0 Å². The lowest BCUT2D eigenvalue weighted by Gasteiger charge is -2.10. The zero-order chi connectivity index (χ0) is 14.6. The predicted molar refractivity (Wildman–Crippen MR) is 71.8 cm³/mol. The van der Waals surface area contributed by atoms with Gasteiger partial charge in [-0.3, -0.25) is 4.79 Å². The fraction of sp³-hybridized carbons (Fsp3) is 0.364. The minimum Gasteiger partial charge on any atom is -0.383 e. The first-order valence-corrected chi connectivity index (χ1v) is 7.30. The zero-order valence-electron chi connectivity index (χ0n) is 10.6. The second-order valence-corrected chi connectivity index (χ2v) is 5.81. The number of rotatable bonds is 5. The van der Waals surface area contributed by atoms with Crippen molar-refractivity contribution in [3.05, 3.63) is 28.3 Å². The zero-order valence-corrected chi connectivity index (χ0v) is 12.1. The van der Waals surface area contributed by atoms with E-state index in [1.54, 1.807) is 0 Å². The Balaban J connectivity index is 3.11. The Hall–Kier alpha value is -1.15. The van der Waals surface area contributed by atoms with Crippen molar-refractivity contribution in [3.63, 3.8) is 0 Å². The third-order valence-electron chi connectivity index (χ3n) is 2.46. The van der Waals surface area contributed by atoms with E-state index in [0.29, 0.717) is 18.7 Å². The fourth-order valence-corrected chi connectivity index (χ4v) is 2.55. The summed E-state index contributed by atoms with van der Waals surface area (Å²) in [7, 11) is -2.42. The molecular weight excluding hydrogens is 292 g/mol. The topological polar surface area (TPSA) is 98.5 Å². The number of hydrogen-bond donors (Lipinski definition) is 2. The molecule has 6 nitrogen and oxygen atoms in total. The molecule has 1 aromatic carbocycles. The van der Waals surface area contributed by atoms with Crippen molar-refractivity contribution >= 4 is 27.5 Å². The van der Waals surface area contributed by atoms with Crippen LogP contribution in [-0.2, 0) is 14.8 Å². The molecule has 1 aromatic rings. The molecule has 0 fully saturated rings. The summed E-state index contributed by atoms with van der Waals surface area (Å²) in [6.45, 7) is 2.19. The average Bonchev–Trinajstić information content (AvgIpc) is 2.31. The Kier molecular flexibility index (Phi) is 5.30. The predicted octanol–water partition coefficient (Wildman–Crippen LogP) is 0.672. The van der Waals surface area contributed by atoms with E-state index in [2.05, 4.69) is 5.32 Å². The number of amides is 1. The summed E-state index contributed by atoms with van der Waals surface area (Å²) in [5, 5.41) is 7.82. The van der Waals surface area contributed by atoms with Gasteiger partial charge in [-0.2, -0.15) is 0 Å². The van der Waals surface area contributed by atoms with Gasteiger partial charge in [0.05, 0.1) is 11.5 Å². The van der Waals surface area contributed by atoms with Crippen molar-refractivity contribution in [3.8, 4) is 0 Å². The highest BCUT2D eigenvalue weighted by Gasteiger charge is 2.18. The standard InChI is InChI=1S/C11H15ClN2O4S/c1-7-9(12)5-8(6-10(7)19(13,16)17)11(15)14-3-4-18-2/h5-6H,3-4H2,1-2H3,(H,14,15)(H2,13,16,17). The average molecular weight is 307 g/mol. The normalized spacial score (nSPS) is 11.4. The number of hydrogen-bond acceptors (Lipinski definition) is 4. The number of methoxy groups -OCH3 is 1. The van der Waals surface area contributed by atoms with Crippen LogP contribution in [0.4, 0.5) is 0 Å². The maximum Gasteiger partial charge on any atom is 0.251 e. The number of nitrogens with two attached hydrogens (primary N) is 1. The molecule has 0 aliphatic rings. The van der Waals surface area contributed by atoms with Gasteiger partial charge in [0.25, 0.3) is 5.91 Å². The maximum atomic E-state index is 11.8. The first-order valence-electron chi connectivity index (χ1n) is 5.37. The van der Waals surface area contributed by atoms with Crippen molar-refractivity contribution in [2.75, 3.05) is 20.3 Å². The van der Waals surface area contributed by atoms with Gasteiger partial charge in [0.1, 0.15) is 0 Å². The van der Waals surface area contributed by atoms with E-state index in [4.69, 9.17) is 21.5 Å². The molecule has 19 heavy (non-hydrogen) atoms. The first-order chi connectivity index (χ1) is 8.77. The molecule has 0 unspecified atom stereocenters. The van der Waals surface area contributed by atoms with Gasteiger partial charge in [0, 0.05) is 24.2 Å². The molecular formula is C11H15ClN2O4S. The molecule has 106 valence electrons. The smallest absolute Gasteiger partial charge is 0.251 e. The second-order valence-electron chi connectivity index (χ2n) is 3.87. The minimum atomic E-state index is -3.93. The van der Waals surface area contributed by atoms with Gasteiger partial charge in [-0.1, -0.05) is 11.6 Å². The number of halogens is 1. The Morgan fingerprint density at radius 3 is 2.63 bits per heavy atom.